The lowest BCUT2D eigenvalue weighted by Gasteiger charge is -2.06. The molecule has 0 aromatic heterocycles. The van der Waals surface area contributed by atoms with E-state index in [1.807, 2.05) is 6.92 Å². The quantitative estimate of drug-likeness (QED) is 0.494. The van der Waals surface area contributed by atoms with E-state index in [-0.39, 0.29) is 5.91 Å². The Labute approximate surface area is 104 Å². The summed E-state index contributed by atoms with van der Waals surface area (Å²) in [5.41, 5.74) is 0. The van der Waals surface area contributed by atoms with E-state index in [0.29, 0.717) is 19.8 Å². The minimum Gasteiger partial charge on any atom is -0.382 e. The minimum atomic E-state index is 0.0724. The summed E-state index contributed by atoms with van der Waals surface area (Å²) in [5, 5.41) is 5.92. The maximum atomic E-state index is 11.2. The summed E-state index contributed by atoms with van der Waals surface area (Å²) in [5.74, 6) is 0.0724. The predicted octanol–water partition coefficient (Wildman–Crippen LogP) is 0.545. The smallest absolute Gasteiger partial charge is 0.233 e. The lowest BCUT2D eigenvalue weighted by molar-refractivity contribution is -0.120. The molecule has 0 aliphatic rings. The Balaban J connectivity index is 3.05. The molecule has 0 aromatic rings. The van der Waals surface area contributed by atoms with Gasteiger partial charge in [0.1, 0.15) is 0 Å². The average Bonchev–Trinajstić information content (AvgIpc) is 2.34. The van der Waals surface area contributed by atoms with Crippen LogP contribution in [-0.4, -0.2) is 52.5 Å². The van der Waals surface area contributed by atoms with Gasteiger partial charge in [-0.05, 0) is 25.8 Å². The van der Waals surface area contributed by atoms with Gasteiger partial charge in [0.15, 0.2) is 0 Å². The molecule has 0 saturated carbocycles. The van der Waals surface area contributed by atoms with Crippen molar-refractivity contribution in [1.29, 1.82) is 0 Å². The van der Waals surface area contributed by atoms with Gasteiger partial charge in [0.25, 0.3) is 0 Å². The number of hydrogen-bond acceptors (Lipinski definition) is 4. The van der Waals surface area contributed by atoms with Gasteiger partial charge in [-0.2, -0.15) is 0 Å². The molecule has 0 aliphatic heterocycles. The second kappa shape index (κ2) is 13.4. The van der Waals surface area contributed by atoms with Crippen LogP contribution >= 0.6 is 0 Å². The first kappa shape index (κ1) is 16.4. The lowest BCUT2D eigenvalue weighted by Crippen LogP contribution is -2.34. The first-order chi connectivity index (χ1) is 8.31. The fourth-order valence-electron chi connectivity index (χ4n) is 1.23. The summed E-state index contributed by atoms with van der Waals surface area (Å²) in [7, 11) is 1.66. The van der Waals surface area contributed by atoms with Gasteiger partial charge >= 0.3 is 0 Å². The molecule has 17 heavy (non-hydrogen) atoms. The van der Waals surface area contributed by atoms with Crippen LogP contribution in [-0.2, 0) is 14.3 Å². The molecule has 0 atom stereocenters. The molecule has 2 N–H and O–H groups in total. The Hall–Kier alpha value is -0.650. The third-order valence-electron chi connectivity index (χ3n) is 2.18. The third-order valence-corrected chi connectivity index (χ3v) is 2.18. The topological polar surface area (TPSA) is 59.6 Å². The Morgan fingerprint density at radius 3 is 2.65 bits per heavy atom. The minimum absolute atomic E-state index is 0.0724. The normalized spacial score (nSPS) is 10.5. The molecule has 1 amide bonds. The van der Waals surface area contributed by atoms with Crippen LogP contribution in [0.4, 0.5) is 0 Å². The second-order valence-corrected chi connectivity index (χ2v) is 3.84. The van der Waals surface area contributed by atoms with E-state index in [9.17, 15) is 4.79 Å². The largest absolute Gasteiger partial charge is 0.382 e. The number of ether oxygens (including phenoxy) is 2. The monoisotopic (exact) mass is 246 g/mol. The summed E-state index contributed by atoms with van der Waals surface area (Å²) in [4.78, 5) is 11.2. The van der Waals surface area contributed by atoms with Crippen molar-refractivity contribution in [3.05, 3.63) is 0 Å². The van der Waals surface area contributed by atoms with Gasteiger partial charge in [-0.15, -0.1) is 0 Å². The Kier molecular flexibility index (Phi) is 12.9. The van der Waals surface area contributed by atoms with E-state index in [1.165, 1.54) is 0 Å². The first-order valence-electron chi connectivity index (χ1n) is 6.35. The molecule has 0 unspecified atom stereocenters. The fraction of sp³-hybridized carbons (Fsp3) is 0.917. The van der Waals surface area contributed by atoms with E-state index in [2.05, 4.69) is 10.6 Å². The third kappa shape index (κ3) is 13.3. The number of carbonyl (C=O) groups excluding carboxylic acids is 1. The predicted molar refractivity (Wildman–Crippen MR) is 68.1 cm³/mol. The highest BCUT2D eigenvalue weighted by Crippen LogP contribution is 1.88. The molecule has 102 valence electrons. The maximum absolute atomic E-state index is 11.2. The van der Waals surface area contributed by atoms with Crippen molar-refractivity contribution in [2.75, 3.05) is 46.6 Å². The number of methoxy groups -OCH3 is 1. The van der Waals surface area contributed by atoms with Crippen molar-refractivity contribution < 1.29 is 14.3 Å². The van der Waals surface area contributed by atoms with Crippen molar-refractivity contribution in [2.24, 2.45) is 0 Å². The Bertz CT molecular complexity index is 177. The van der Waals surface area contributed by atoms with Gasteiger partial charge < -0.3 is 20.1 Å². The number of nitrogens with one attached hydrogen (secondary N) is 2. The van der Waals surface area contributed by atoms with Crippen LogP contribution in [0.2, 0.25) is 0 Å². The molecule has 5 heteroatoms. The van der Waals surface area contributed by atoms with Gasteiger partial charge in [0, 0.05) is 20.3 Å². The van der Waals surface area contributed by atoms with Crippen LogP contribution in [0.5, 0.6) is 0 Å². The zero-order valence-electron chi connectivity index (χ0n) is 11.1. The highest BCUT2D eigenvalue weighted by molar-refractivity contribution is 5.77. The highest BCUT2D eigenvalue weighted by Gasteiger charge is 1.97. The van der Waals surface area contributed by atoms with Crippen molar-refractivity contribution in [3.63, 3.8) is 0 Å². The zero-order valence-corrected chi connectivity index (χ0v) is 11.1. The molecule has 0 aromatic carbocycles. The van der Waals surface area contributed by atoms with Crippen LogP contribution in [0.15, 0.2) is 0 Å². The zero-order chi connectivity index (χ0) is 12.8. The van der Waals surface area contributed by atoms with Crippen LogP contribution in [0.3, 0.4) is 0 Å². The number of hydrogen-bond donors (Lipinski definition) is 2. The molecular weight excluding hydrogens is 220 g/mol. The average molecular weight is 246 g/mol. The first-order valence-corrected chi connectivity index (χ1v) is 6.35. The molecule has 0 saturated heterocycles. The summed E-state index contributed by atoms with van der Waals surface area (Å²) in [6.07, 6.45) is 3.01. The molecule has 0 radical (unpaired) electrons. The van der Waals surface area contributed by atoms with Crippen molar-refractivity contribution in [1.82, 2.24) is 10.6 Å². The highest BCUT2D eigenvalue weighted by atomic mass is 16.5. The van der Waals surface area contributed by atoms with Crippen LogP contribution in [0, 0.1) is 0 Å². The standard InChI is InChI=1S/C12H26N2O3/c1-3-6-14-12(15)11-13-7-4-5-8-17-10-9-16-2/h13H,3-11H2,1-2H3,(H,14,15). The van der Waals surface area contributed by atoms with Crippen LogP contribution in [0.25, 0.3) is 0 Å². The van der Waals surface area contributed by atoms with Gasteiger partial charge in [0.2, 0.25) is 5.91 Å². The van der Waals surface area contributed by atoms with Crippen molar-refractivity contribution in [3.8, 4) is 0 Å². The maximum Gasteiger partial charge on any atom is 0.233 e. The van der Waals surface area contributed by atoms with Crippen LogP contribution in [0.1, 0.15) is 26.2 Å². The van der Waals surface area contributed by atoms with Gasteiger partial charge in [-0.1, -0.05) is 6.92 Å². The molecule has 0 rings (SSSR count). The molecular formula is C12H26N2O3. The van der Waals surface area contributed by atoms with E-state index in [1.54, 1.807) is 7.11 Å². The summed E-state index contributed by atoms with van der Waals surface area (Å²) in [6.45, 7) is 6.12. The Morgan fingerprint density at radius 2 is 1.94 bits per heavy atom. The molecule has 0 aliphatic carbocycles. The van der Waals surface area contributed by atoms with E-state index in [0.717, 1.165) is 39.0 Å². The summed E-state index contributed by atoms with van der Waals surface area (Å²) >= 11 is 0. The van der Waals surface area contributed by atoms with E-state index >= 15 is 0 Å². The molecule has 0 fully saturated rings. The summed E-state index contributed by atoms with van der Waals surface area (Å²) < 4.78 is 10.2. The van der Waals surface area contributed by atoms with Crippen molar-refractivity contribution in [2.45, 2.75) is 26.2 Å². The van der Waals surface area contributed by atoms with E-state index in [4.69, 9.17) is 9.47 Å². The molecule has 5 nitrogen and oxygen atoms in total. The van der Waals surface area contributed by atoms with Gasteiger partial charge in [0.05, 0.1) is 19.8 Å². The number of amides is 1. The van der Waals surface area contributed by atoms with Crippen LogP contribution < -0.4 is 10.6 Å². The molecule has 0 spiro atoms. The number of unbranched alkanes of at least 4 members (excludes halogenated alkanes) is 1. The summed E-state index contributed by atoms with van der Waals surface area (Å²) in [6, 6.07) is 0. The fourth-order valence-corrected chi connectivity index (χ4v) is 1.23. The van der Waals surface area contributed by atoms with Gasteiger partial charge in [-0.3, -0.25) is 4.79 Å². The Morgan fingerprint density at radius 1 is 1.12 bits per heavy atom. The number of carbonyl (C=O) groups is 1. The molecule has 0 bridgehead atoms. The lowest BCUT2D eigenvalue weighted by atomic mass is 10.3. The second-order valence-electron chi connectivity index (χ2n) is 3.84. The molecule has 0 heterocycles. The van der Waals surface area contributed by atoms with Crippen molar-refractivity contribution >= 4 is 5.91 Å². The number of rotatable bonds is 12. The SMILES string of the molecule is CCCNC(=O)CNCCCCOCCOC. The van der Waals surface area contributed by atoms with E-state index < -0.39 is 0 Å². The van der Waals surface area contributed by atoms with Gasteiger partial charge in [-0.25, -0.2) is 0 Å².